The van der Waals surface area contributed by atoms with Crippen LogP contribution in [0.15, 0.2) is 23.2 Å². The molecule has 0 bridgehead atoms. The lowest BCUT2D eigenvalue weighted by molar-refractivity contribution is 0.195. The van der Waals surface area contributed by atoms with Gasteiger partial charge in [-0.1, -0.05) is 0 Å². The van der Waals surface area contributed by atoms with Gasteiger partial charge in [-0.25, -0.2) is 8.78 Å². The van der Waals surface area contributed by atoms with Gasteiger partial charge in [-0.05, 0) is 25.0 Å². The maximum Gasteiger partial charge on any atom is 0.191 e. The summed E-state index contributed by atoms with van der Waals surface area (Å²) in [6.07, 6.45) is 1.77. The fraction of sp³-hybridized carbons (Fsp3) is 0.562. The standard InChI is InChI=1S/C16H24F2N4O/c1-19-16(20-7-3-9-23-2)21-13-6-8-22(11-13)15-5-4-12(17)10-14(15)18/h4-5,10,13H,3,6-9,11H2,1-2H3,(H2,19,20,21). The van der Waals surface area contributed by atoms with Crippen LogP contribution in [-0.2, 0) is 4.74 Å². The molecule has 0 aliphatic carbocycles. The Bertz CT molecular complexity index is 539. The zero-order chi connectivity index (χ0) is 16.7. The highest BCUT2D eigenvalue weighted by molar-refractivity contribution is 5.80. The van der Waals surface area contributed by atoms with E-state index in [1.165, 1.54) is 12.1 Å². The molecule has 0 aromatic heterocycles. The molecule has 1 aliphatic heterocycles. The number of rotatable bonds is 6. The van der Waals surface area contributed by atoms with Gasteiger partial charge in [0.2, 0.25) is 0 Å². The highest BCUT2D eigenvalue weighted by Crippen LogP contribution is 2.24. The summed E-state index contributed by atoms with van der Waals surface area (Å²) in [7, 11) is 3.40. The Kier molecular flexibility index (Phi) is 6.58. The van der Waals surface area contributed by atoms with Crippen molar-refractivity contribution >= 4 is 11.6 Å². The summed E-state index contributed by atoms with van der Waals surface area (Å²) in [5.41, 5.74) is 0.443. The van der Waals surface area contributed by atoms with Crippen LogP contribution in [0.1, 0.15) is 12.8 Å². The Hall–Kier alpha value is -1.89. The number of anilines is 1. The number of methoxy groups -OCH3 is 1. The average Bonchev–Trinajstić information content (AvgIpc) is 2.98. The van der Waals surface area contributed by atoms with Crippen molar-refractivity contribution in [2.24, 2.45) is 4.99 Å². The lowest BCUT2D eigenvalue weighted by Gasteiger charge is -2.21. The van der Waals surface area contributed by atoms with E-state index < -0.39 is 11.6 Å². The van der Waals surface area contributed by atoms with E-state index in [4.69, 9.17) is 4.74 Å². The van der Waals surface area contributed by atoms with Gasteiger partial charge in [0.05, 0.1) is 5.69 Å². The molecule has 128 valence electrons. The second kappa shape index (κ2) is 8.67. The minimum absolute atomic E-state index is 0.174. The molecular formula is C16H24F2N4O. The molecule has 2 N–H and O–H groups in total. The summed E-state index contributed by atoms with van der Waals surface area (Å²) in [5.74, 6) is -0.346. The molecule has 23 heavy (non-hydrogen) atoms. The SMILES string of the molecule is CN=C(NCCCOC)NC1CCN(c2ccc(F)cc2F)C1. The zero-order valence-electron chi connectivity index (χ0n) is 13.6. The molecule has 1 fully saturated rings. The summed E-state index contributed by atoms with van der Waals surface area (Å²) < 4.78 is 31.8. The van der Waals surface area contributed by atoms with Crippen molar-refractivity contribution < 1.29 is 13.5 Å². The molecule has 5 nitrogen and oxygen atoms in total. The number of halogens is 2. The molecule has 1 atom stereocenters. The quantitative estimate of drug-likeness (QED) is 0.475. The van der Waals surface area contributed by atoms with Gasteiger partial charge in [0.15, 0.2) is 5.96 Å². The molecule has 1 saturated heterocycles. The van der Waals surface area contributed by atoms with Crippen LogP contribution >= 0.6 is 0 Å². The third kappa shape index (κ3) is 5.06. The minimum atomic E-state index is -0.555. The summed E-state index contributed by atoms with van der Waals surface area (Å²) in [5, 5.41) is 6.55. The molecule has 2 rings (SSSR count). The number of nitrogens with one attached hydrogen (secondary N) is 2. The fourth-order valence-electron chi connectivity index (χ4n) is 2.65. The van der Waals surface area contributed by atoms with E-state index in [0.717, 1.165) is 38.0 Å². The van der Waals surface area contributed by atoms with Crippen LogP contribution in [0.25, 0.3) is 0 Å². The van der Waals surface area contributed by atoms with Gasteiger partial charge in [-0.3, -0.25) is 4.99 Å². The van der Waals surface area contributed by atoms with E-state index in [9.17, 15) is 8.78 Å². The van der Waals surface area contributed by atoms with Gasteiger partial charge in [-0.15, -0.1) is 0 Å². The van der Waals surface area contributed by atoms with Gasteiger partial charge >= 0.3 is 0 Å². The Balaban J connectivity index is 1.84. The largest absolute Gasteiger partial charge is 0.385 e. The maximum atomic E-state index is 13.8. The Morgan fingerprint density at radius 1 is 1.43 bits per heavy atom. The smallest absolute Gasteiger partial charge is 0.191 e. The number of guanidine groups is 1. The average molecular weight is 326 g/mol. The minimum Gasteiger partial charge on any atom is -0.385 e. The second-order valence-corrected chi connectivity index (χ2v) is 5.52. The van der Waals surface area contributed by atoms with Crippen LogP contribution in [-0.4, -0.2) is 52.4 Å². The van der Waals surface area contributed by atoms with Crippen molar-refractivity contribution in [3.63, 3.8) is 0 Å². The predicted molar refractivity (Wildman–Crippen MR) is 88.0 cm³/mol. The number of hydrogen-bond acceptors (Lipinski definition) is 3. The number of nitrogens with zero attached hydrogens (tertiary/aromatic N) is 2. The maximum absolute atomic E-state index is 13.8. The van der Waals surface area contributed by atoms with E-state index in [-0.39, 0.29) is 6.04 Å². The lowest BCUT2D eigenvalue weighted by atomic mass is 10.2. The monoisotopic (exact) mass is 326 g/mol. The third-order valence-electron chi connectivity index (χ3n) is 3.82. The molecule has 7 heteroatoms. The molecule has 0 radical (unpaired) electrons. The summed E-state index contributed by atoms with van der Waals surface area (Å²) in [4.78, 5) is 6.11. The van der Waals surface area contributed by atoms with E-state index in [1.54, 1.807) is 14.2 Å². The molecule has 0 saturated carbocycles. The number of benzene rings is 1. The Morgan fingerprint density at radius 2 is 2.26 bits per heavy atom. The third-order valence-corrected chi connectivity index (χ3v) is 3.82. The first-order valence-corrected chi connectivity index (χ1v) is 7.80. The van der Waals surface area contributed by atoms with Gasteiger partial charge in [0, 0.05) is 52.5 Å². The number of hydrogen-bond donors (Lipinski definition) is 2. The van der Waals surface area contributed by atoms with Gasteiger partial charge in [0.25, 0.3) is 0 Å². The van der Waals surface area contributed by atoms with Gasteiger partial charge in [-0.2, -0.15) is 0 Å². The Labute approximate surface area is 135 Å². The van der Waals surface area contributed by atoms with Crippen molar-refractivity contribution in [3.8, 4) is 0 Å². The van der Waals surface area contributed by atoms with Gasteiger partial charge < -0.3 is 20.3 Å². The van der Waals surface area contributed by atoms with Crippen LogP contribution in [0.2, 0.25) is 0 Å². The van der Waals surface area contributed by atoms with Crippen LogP contribution < -0.4 is 15.5 Å². The summed E-state index contributed by atoms with van der Waals surface area (Å²) >= 11 is 0. The number of aliphatic imine (C=N–C) groups is 1. The first-order valence-electron chi connectivity index (χ1n) is 7.80. The van der Waals surface area contributed by atoms with Crippen molar-refractivity contribution in [2.45, 2.75) is 18.9 Å². The highest BCUT2D eigenvalue weighted by atomic mass is 19.1. The van der Waals surface area contributed by atoms with Crippen molar-refractivity contribution in [3.05, 3.63) is 29.8 Å². The number of ether oxygens (including phenoxy) is 1. The van der Waals surface area contributed by atoms with E-state index in [1.807, 2.05) is 4.90 Å². The van der Waals surface area contributed by atoms with E-state index in [0.29, 0.717) is 18.8 Å². The molecule has 1 heterocycles. The normalized spacial score (nSPS) is 18.3. The van der Waals surface area contributed by atoms with Gasteiger partial charge in [0.1, 0.15) is 11.6 Å². The highest BCUT2D eigenvalue weighted by Gasteiger charge is 2.25. The molecule has 0 amide bonds. The second-order valence-electron chi connectivity index (χ2n) is 5.52. The topological polar surface area (TPSA) is 48.9 Å². The first kappa shape index (κ1) is 17.5. The van der Waals surface area contributed by atoms with Crippen molar-refractivity contribution in [1.29, 1.82) is 0 Å². The predicted octanol–water partition coefficient (Wildman–Crippen LogP) is 1.74. The molecule has 1 unspecified atom stereocenters. The van der Waals surface area contributed by atoms with E-state index in [2.05, 4.69) is 15.6 Å². The first-order chi connectivity index (χ1) is 11.1. The Morgan fingerprint density at radius 3 is 2.96 bits per heavy atom. The van der Waals surface area contributed by atoms with Crippen LogP contribution in [0, 0.1) is 11.6 Å². The van der Waals surface area contributed by atoms with Crippen LogP contribution in [0.4, 0.5) is 14.5 Å². The van der Waals surface area contributed by atoms with Crippen LogP contribution in [0.3, 0.4) is 0 Å². The van der Waals surface area contributed by atoms with Crippen LogP contribution in [0.5, 0.6) is 0 Å². The molecule has 1 aromatic rings. The fourth-order valence-corrected chi connectivity index (χ4v) is 2.65. The van der Waals surface area contributed by atoms with Crippen molar-refractivity contribution in [1.82, 2.24) is 10.6 Å². The molecule has 1 aromatic carbocycles. The molecular weight excluding hydrogens is 302 g/mol. The van der Waals surface area contributed by atoms with Crippen molar-refractivity contribution in [2.75, 3.05) is 45.3 Å². The molecule has 1 aliphatic rings. The summed E-state index contributed by atoms with van der Waals surface area (Å²) in [6, 6.07) is 3.88. The zero-order valence-corrected chi connectivity index (χ0v) is 13.6. The molecule has 0 spiro atoms. The van der Waals surface area contributed by atoms with E-state index >= 15 is 0 Å². The summed E-state index contributed by atoms with van der Waals surface area (Å²) in [6.45, 7) is 2.85. The lowest BCUT2D eigenvalue weighted by Crippen LogP contribution is -2.45.